The van der Waals surface area contributed by atoms with Crippen LogP contribution in [0.2, 0.25) is 0 Å². The molecule has 0 bridgehead atoms. The van der Waals surface area contributed by atoms with E-state index in [4.69, 9.17) is 0 Å². The quantitative estimate of drug-likeness (QED) is 0.750. The molecule has 3 N–H and O–H groups in total. The molecule has 0 aromatic heterocycles. The number of phenolic OH excluding ortho intramolecular Hbond substituents is 1. The van der Waals surface area contributed by atoms with E-state index in [0.29, 0.717) is 0 Å². The number of aromatic hydroxyl groups is 1. The summed E-state index contributed by atoms with van der Waals surface area (Å²) >= 11 is 0. The Kier molecular flexibility index (Phi) is 4.93. The van der Waals surface area contributed by atoms with Gasteiger partial charge in [-0.3, -0.25) is 9.59 Å². The number of alkyl halides is 3. The van der Waals surface area contributed by atoms with E-state index >= 15 is 0 Å². The van der Waals surface area contributed by atoms with Crippen LogP contribution in [-0.2, 0) is 9.59 Å². The summed E-state index contributed by atoms with van der Waals surface area (Å²) in [5.41, 5.74) is -0.166. The number of carbonyl (C=O) groups excluding carboxylic acids is 2. The Bertz CT molecular complexity index is 762. The van der Waals surface area contributed by atoms with E-state index in [1.807, 2.05) is 5.32 Å². The first-order valence-electron chi connectivity index (χ1n) is 6.51. The molecule has 0 heterocycles. The Morgan fingerprint density at radius 3 is 2.29 bits per heavy atom. The van der Waals surface area contributed by atoms with Crippen LogP contribution in [0.3, 0.4) is 0 Å². The van der Waals surface area contributed by atoms with E-state index in [9.17, 15) is 27.9 Å². The molecule has 2 aromatic carbocycles. The first-order chi connectivity index (χ1) is 11.2. The Morgan fingerprint density at radius 2 is 1.62 bits per heavy atom. The molecule has 2 rings (SSSR count). The number of anilines is 2. The van der Waals surface area contributed by atoms with Gasteiger partial charge in [0.15, 0.2) is 5.75 Å². The average Bonchev–Trinajstić information content (AvgIpc) is 2.47. The molecule has 0 aliphatic rings. The van der Waals surface area contributed by atoms with Crippen LogP contribution in [0.5, 0.6) is 11.5 Å². The third-order valence-corrected chi connectivity index (χ3v) is 2.67. The van der Waals surface area contributed by atoms with Gasteiger partial charge in [0.25, 0.3) is 0 Å². The van der Waals surface area contributed by atoms with Crippen molar-refractivity contribution in [2.24, 2.45) is 0 Å². The zero-order valence-corrected chi connectivity index (χ0v) is 11.9. The highest BCUT2D eigenvalue weighted by Gasteiger charge is 2.32. The van der Waals surface area contributed by atoms with Crippen LogP contribution >= 0.6 is 0 Å². The number of benzene rings is 2. The van der Waals surface area contributed by atoms with Crippen LogP contribution in [0.4, 0.5) is 24.5 Å². The van der Waals surface area contributed by atoms with E-state index in [1.165, 1.54) is 36.4 Å². The van der Waals surface area contributed by atoms with Crippen molar-refractivity contribution in [3.05, 3.63) is 48.5 Å². The van der Waals surface area contributed by atoms with E-state index in [0.717, 1.165) is 12.1 Å². The molecular formula is C15H11F3N2O4. The molecule has 126 valence electrons. The van der Waals surface area contributed by atoms with Gasteiger partial charge in [0.2, 0.25) is 0 Å². The smallest absolute Gasteiger partial charge is 0.508 e. The minimum Gasteiger partial charge on any atom is -0.508 e. The number of rotatable bonds is 3. The van der Waals surface area contributed by atoms with Crippen LogP contribution < -0.4 is 15.4 Å². The summed E-state index contributed by atoms with van der Waals surface area (Å²) in [6.45, 7) is 0. The number of para-hydroxylation sites is 2. The molecule has 0 fully saturated rings. The molecule has 0 unspecified atom stereocenters. The van der Waals surface area contributed by atoms with Gasteiger partial charge in [0, 0.05) is 11.8 Å². The Balaban J connectivity index is 2.08. The fraction of sp³-hybridized carbons (Fsp3) is 0.0667. The second-order valence-corrected chi connectivity index (χ2v) is 4.50. The Labute approximate surface area is 133 Å². The molecule has 2 amide bonds. The number of carbonyl (C=O) groups is 2. The lowest BCUT2D eigenvalue weighted by Crippen LogP contribution is -2.29. The van der Waals surface area contributed by atoms with Gasteiger partial charge in [-0.1, -0.05) is 18.2 Å². The SMILES string of the molecule is O=C(Nc1cccc(O)c1)C(=O)Nc1ccccc1OC(F)(F)F. The summed E-state index contributed by atoms with van der Waals surface area (Å²) in [5, 5.41) is 13.5. The maximum Gasteiger partial charge on any atom is 0.573 e. The third-order valence-electron chi connectivity index (χ3n) is 2.67. The number of phenols is 1. The predicted molar refractivity (Wildman–Crippen MR) is 78.5 cm³/mol. The first-order valence-corrected chi connectivity index (χ1v) is 6.51. The van der Waals surface area contributed by atoms with E-state index < -0.39 is 23.9 Å². The van der Waals surface area contributed by atoms with Gasteiger partial charge in [-0.2, -0.15) is 0 Å². The molecule has 0 saturated carbocycles. The van der Waals surface area contributed by atoms with E-state index in [1.54, 1.807) is 0 Å². The van der Waals surface area contributed by atoms with Crippen molar-refractivity contribution in [2.45, 2.75) is 6.36 Å². The molecule has 0 aliphatic heterocycles. The van der Waals surface area contributed by atoms with Gasteiger partial charge in [-0.05, 0) is 24.3 Å². The molecular weight excluding hydrogens is 329 g/mol. The fourth-order valence-corrected chi connectivity index (χ4v) is 1.73. The number of ether oxygens (including phenoxy) is 1. The van der Waals surface area contributed by atoms with Crippen molar-refractivity contribution in [1.29, 1.82) is 0 Å². The van der Waals surface area contributed by atoms with E-state index in [2.05, 4.69) is 10.1 Å². The van der Waals surface area contributed by atoms with Gasteiger partial charge in [-0.25, -0.2) is 0 Å². The fourth-order valence-electron chi connectivity index (χ4n) is 1.73. The van der Waals surface area contributed by atoms with Crippen molar-refractivity contribution < 1.29 is 32.6 Å². The zero-order valence-electron chi connectivity index (χ0n) is 11.9. The molecule has 6 nitrogen and oxygen atoms in total. The van der Waals surface area contributed by atoms with Crippen LogP contribution in [-0.4, -0.2) is 23.3 Å². The molecule has 0 saturated heterocycles. The van der Waals surface area contributed by atoms with Crippen LogP contribution in [0.15, 0.2) is 48.5 Å². The molecule has 9 heteroatoms. The van der Waals surface area contributed by atoms with Crippen molar-refractivity contribution in [2.75, 3.05) is 10.6 Å². The maximum absolute atomic E-state index is 12.3. The monoisotopic (exact) mass is 340 g/mol. The standard InChI is InChI=1S/C15H11F3N2O4/c16-15(17,18)24-12-7-2-1-6-11(12)20-14(23)13(22)19-9-4-3-5-10(21)8-9/h1-8,21H,(H,19,22)(H,20,23). The molecule has 2 aromatic rings. The third kappa shape index (κ3) is 4.90. The molecule has 24 heavy (non-hydrogen) atoms. The summed E-state index contributed by atoms with van der Waals surface area (Å²) < 4.78 is 40.7. The summed E-state index contributed by atoms with van der Waals surface area (Å²) in [6.07, 6.45) is -4.94. The van der Waals surface area contributed by atoms with Crippen molar-refractivity contribution in [3.8, 4) is 11.5 Å². The summed E-state index contributed by atoms with van der Waals surface area (Å²) in [4.78, 5) is 23.6. The number of amides is 2. The van der Waals surface area contributed by atoms with Crippen molar-refractivity contribution in [1.82, 2.24) is 0 Å². The van der Waals surface area contributed by atoms with Gasteiger partial charge in [0.1, 0.15) is 5.75 Å². The number of hydrogen-bond acceptors (Lipinski definition) is 4. The summed E-state index contributed by atoms with van der Waals surface area (Å²) in [7, 11) is 0. The maximum atomic E-state index is 12.3. The van der Waals surface area contributed by atoms with Gasteiger partial charge in [0.05, 0.1) is 5.69 Å². The second kappa shape index (κ2) is 6.90. The van der Waals surface area contributed by atoms with Crippen LogP contribution in [0.1, 0.15) is 0 Å². The topological polar surface area (TPSA) is 87.7 Å². The molecule has 0 atom stereocenters. The highest BCUT2D eigenvalue weighted by molar-refractivity contribution is 6.43. The van der Waals surface area contributed by atoms with Gasteiger partial charge >= 0.3 is 18.2 Å². The Hall–Kier alpha value is -3.23. The van der Waals surface area contributed by atoms with Gasteiger partial charge in [-0.15, -0.1) is 13.2 Å². The van der Waals surface area contributed by atoms with Crippen molar-refractivity contribution >= 4 is 23.2 Å². The lowest BCUT2D eigenvalue weighted by molar-refractivity contribution is -0.274. The highest BCUT2D eigenvalue weighted by atomic mass is 19.4. The van der Waals surface area contributed by atoms with Crippen molar-refractivity contribution in [3.63, 3.8) is 0 Å². The minimum atomic E-state index is -4.94. The lowest BCUT2D eigenvalue weighted by Gasteiger charge is -2.13. The van der Waals surface area contributed by atoms with Crippen LogP contribution in [0.25, 0.3) is 0 Å². The summed E-state index contributed by atoms with van der Waals surface area (Å²) in [6, 6.07) is 10.2. The van der Waals surface area contributed by atoms with Crippen LogP contribution in [0, 0.1) is 0 Å². The average molecular weight is 340 g/mol. The Morgan fingerprint density at radius 1 is 0.958 bits per heavy atom. The largest absolute Gasteiger partial charge is 0.573 e. The zero-order chi connectivity index (χ0) is 17.7. The number of halogens is 3. The number of hydrogen-bond donors (Lipinski definition) is 3. The predicted octanol–water partition coefficient (Wildman–Crippen LogP) is 2.87. The van der Waals surface area contributed by atoms with E-state index in [-0.39, 0.29) is 17.1 Å². The summed E-state index contributed by atoms with van der Waals surface area (Å²) in [5.74, 6) is -3.10. The first kappa shape index (κ1) is 17.1. The molecule has 0 aliphatic carbocycles. The minimum absolute atomic E-state index is 0.128. The second-order valence-electron chi connectivity index (χ2n) is 4.50. The normalized spacial score (nSPS) is 10.8. The number of nitrogens with one attached hydrogen (secondary N) is 2. The molecule has 0 spiro atoms. The van der Waals surface area contributed by atoms with Gasteiger partial charge < -0.3 is 20.5 Å². The lowest BCUT2D eigenvalue weighted by atomic mass is 10.3. The highest BCUT2D eigenvalue weighted by Crippen LogP contribution is 2.29. The molecule has 0 radical (unpaired) electrons.